The Morgan fingerprint density at radius 1 is 1.00 bits per heavy atom. The lowest BCUT2D eigenvalue weighted by Crippen LogP contribution is -2.35. The van der Waals surface area contributed by atoms with Gasteiger partial charge in [0.1, 0.15) is 0 Å². The Kier molecular flexibility index (Phi) is 3.93. The molecule has 0 aliphatic rings. The van der Waals surface area contributed by atoms with Crippen LogP contribution in [0.3, 0.4) is 0 Å². The molecule has 2 N–H and O–H groups in total. The first-order chi connectivity index (χ1) is 11.1. The number of amides is 1. The summed E-state index contributed by atoms with van der Waals surface area (Å²) in [5.41, 5.74) is 1.63. The lowest BCUT2D eigenvalue weighted by Gasteiger charge is -2.10. The molecule has 0 atom stereocenters. The van der Waals surface area contributed by atoms with Gasteiger partial charge in [-0.25, -0.2) is 0 Å². The van der Waals surface area contributed by atoms with Gasteiger partial charge in [0.25, 0.3) is 5.91 Å². The molecule has 0 aliphatic carbocycles. The topological polar surface area (TPSA) is 85.0 Å². The monoisotopic (exact) mass is 305 g/mol. The van der Waals surface area contributed by atoms with Gasteiger partial charge in [-0.2, -0.15) is 0 Å². The van der Waals surface area contributed by atoms with Crippen molar-refractivity contribution < 1.29 is 14.7 Å². The summed E-state index contributed by atoms with van der Waals surface area (Å²) in [4.78, 5) is 26.5. The number of carbonyl (C=O) groups is 2. The number of hydrogen-bond donors (Lipinski definition) is 2. The molecule has 2 aromatic carbocycles. The van der Waals surface area contributed by atoms with E-state index in [9.17, 15) is 14.7 Å². The van der Waals surface area contributed by atoms with E-state index >= 15 is 0 Å². The minimum atomic E-state index is -1.44. The normalized spacial score (nSPS) is 11.4. The number of benzene rings is 2. The summed E-state index contributed by atoms with van der Waals surface area (Å²) in [5.74, 6) is -1.94. The maximum atomic E-state index is 12.1. The standard InChI is InChI=1S/C18H14N2O3/c21-17(12-6-2-1-3-7-12)20-16(18(22)23)10-13-11-19-15-9-5-4-8-14(13)15/h1-11,19H,(H,20,21)(H,22,23)/p-1. The second-order valence-corrected chi connectivity index (χ2v) is 4.96. The summed E-state index contributed by atoms with van der Waals surface area (Å²) < 4.78 is 0. The predicted octanol–water partition coefficient (Wildman–Crippen LogP) is 1.69. The number of carbonyl (C=O) groups excluding carboxylic acids is 2. The second-order valence-electron chi connectivity index (χ2n) is 4.96. The minimum absolute atomic E-state index is 0.288. The molecule has 0 saturated heterocycles. The molecule has 0 bridgehead atoms. The lowest BCUT2D eigenvalue weighted by atomic mass is 10.1. The smallest absolute Gasteiger partial charge is 0.255 e. The van der Waals surface area contributed by atoms with Crippen molar-refractivity contribution in [1.29, 1.82) is 0 Å². The van der Waals surface area contributed by atoms with Crippen molar-refractivity contribution in [3.63, 3.8) is 0 Å². The zero-order valence-corrected chi connectivity index (χ0v) is 12.1. The highest BCUT2D eigenvalue weighted by atomic mass is 16.4. The molecule has 0 saturated carbocycles. The quantitative estimate of drug-likeness (QED) is 0.719. The molecule has 1 aromatic heterocycles. The second kappa shape index (κ2) is 6.19. The van der Waals surface area contributed by atoms with E-state index in [2.05, 4.69) is 10.3 Å². The van der Waals surface area contributed by atoms with Crippen molar-refractivity contribution >= 4 is 28.9 Å². The van der Waals surface area contributed by atoms with Crippen molar-refractivity contribution in [1.82, 2.24) is 10.3 Å². The molecule has 0 unspecified atom stereocenters. The third-order valence-corrected chi connectivity index (χ3v) is 3.43. The zero-order chi connectivity index (χ0) is 16.2. The van der Waals surface area contributed by atoms with E-state index in [1.807, 2.05) is 24.3 Å². The molecule has 5 heteroatoms. The Hall–Kier alpha value is -3.34. The molecule has 3 rings (SSSR count). The van der Waals surface area contributed by atoms with Crippen LogP contribution in [0.2, 0.25) is 0 Å². The van der Waals surface area contributed by atoms with Gasteiger partial charge in [0.2, 0.25) is 0 Å². The van der Waals surface area contributed by atoms with Gasteiger partial charge in [-0.1, -0.05) is 36.4 Å². The van der Waals surface area contributed by atoms with E-state index in [-0.39, 0.29) is 5.70 Å². The van der Waals surface area contributed by atoms with E-state index in [4.69, 9.17) is 0 Å². The predicted molar refractivity (Wildman–Crippen MR) is 85.2 cm³/mol. The van der Waals surface area contributed by atoms with Crippen LogP contribution in [0, 0.1) is 0 Å². The zero-order valence-electron chi connectivity index (χ0n) is 12.1. The first-order valence-corrected chi connectivity index (χ1v) is 7.01. The number of nitrogens with one attached hydrogen (secondary N) is 2. The van der Waals surface area contributed by atoms with Gasteiger partial charge in [0, 0.05) is 28.2 Å². The van der Waals surface area contributed by atoms with Gasteiger partial charge >= 0.3 is 0 Å². The van der Waals surface area contributed by atoms with Crippen molar-refractivity contribution in [2.75, 3.05) is 0 Å². The number of aromatic nitrogens is 1. The highest BCUT2D eigenvalue weighted by Gasteiger charge is 2.09. The van der Waals surface area contributed by atoms with Crippen molar-refractivity contribution in [3.8, 4) is 0 Å². The molecule has 0 spiro atoms. The molecule has 3 aromatic rings. The summed E-state index contributed by atoms with van der Waals surface area (Å²) in [6.07, 6.45) is 3.07. The van der Waals surface area contributed by atoms with Crippen LogP contribution < -0.4 is 10.4 Å². The minimum Gasteiger partial charge on any atom is -0.543 e. The maximum Gasteiger partial charge on any atom is 0.255 e. The fourth-order valence-corrected chi connectivity index (χ4v) is 2.30. The summed E-state index contributed by atoms with van der Waals surface area (Å²) >= 11 is 0. The number of aliphatic carboxylic acids is 1. The number of carboxylic acid groups (broad SMARTS) is 1. The largest absolute Gasteiger partial charge is 0.543 e. The third kappa shape index (κ3) is 3.13. The van der Waals surface area contributed by atoms with Gasteiger partial charge in [-0.3, -0.25) is 4.79 Å². The van der Waals surface area contributed by atoms with Crippen molar-refractivity contribution in [2.45, 2.75) is 0 Å². The Morgan fingerprint density at radius 3 is 2.43 bits per heavy atom. The molecular formula is C18H13N2O3-. The fourth-order valence-electron chi connectivity index (χ4n) is 2.30. The van der Waals surface area contributed by atoms with Gasteiger partial charge in [0.15, 0.2) is 0 Å². The molecule has 114 valence electrons. The Bertz CT molecular complexity index is 895. The SMILES string of the molecule is O=C([O-])C(=Cc1c[nH]c2ccccc12)NC(=O)c1ccccc1. The molecule has 23 heavy (non-hydrogen) atoms. The fraction of sp³-hybridized carbons (Fsp3) is 0. The van der Waals surface area contributed by atoms with Crippen LogP contribution in [0.1, 0.15) is 15.9 Å². The molecule has 1 heterocycles. The van der Waals surface area contributed by atoms with Crippen LogP contribution in [0.4, 0.5) is 0 Å². The summed E-state index contributed by atoms with van der Waals surface area (Å²) in [6.45, 7) is 0. The summed E-state index contributed by atoms with van der Waals surface area (Å²) in [5, 5.41) is 14.6. The average molecular weight is 305 g/mol. The van der Waals surface area contributed by atoms with Crippen LogP contribution in [-0.4, -0.2) is 16.9 Å². The van der Waals surface area contributed by atoms with Crippen LogP contribution in [-0.2, 0) is 4.79 Å². The molecule has 5 nitrogen and oxygen atoms in total. The summed E-state index contributed by atoms with van der Waals surface area (Å²) in [6, 6.07) is 15.9. The Balaban J connectivity index is 1.93. The van der Waals surface area contributed by atoms with Gasteiger partial charge in [-0.05, 0) is 24.3 Å². The molecule has 0 radical (unpaired) electrons. The highest BCUT2D eigenvalue weighted by Crippen LogP contribution is 2.19. The van der Waals surface area contributed by atoms with Gasteiger partial charge in [-0.15, -0.1) is 0 Å². The van der Waals surface area contributed by atoms with E-state index in [0.29, 0.717) is 11.1 Å². The van der Waals surface area contributed by atoms with Crippen LogP contribution in [0.25, 0.3) is 17.0 Å². The number of rotatable bonds is 4. The highest BCUT2D eigenvalue weighted by molar-refractivity contribution is 6.03. The molecule has 0 aliphatic heterocycles. The number of hydrogen-bond acceptors (Lipinski definition) is 3. The number of fused-ring (bicyclic) bond motifs is 1. The van der Waals surface area contributed by atoms with Crippen molar-refractivity contribution in [2.24, 2.45) is 0 Å². The maximum absolute atomic E-state index is 12.1. The van der Waals surface area contributed by atoms with Crippen molar-refractivity contribution in [3.05, 3.63) is 77.6 Å². The average Bonchev–Trinajstić information content (AvgIpc) is 2.98. The number of aromatic amines is 1. The van der Waals surface area contributed by atoms with Gasteiger partial charge in [0.05, 0.1) is 11.7 Å². The van der Waals surface area contributed by atoms with Crippen LogP contribution in [0.15, 0.2) is 66.5 Å². The van der Waals surface area contributed by atoms with E-state index in [1.54, 1.807) is 36.5 Å². The molecule has 0 fully saturated rings. The first-order valence-electron chi connectivity index (χ1n) is 7.01. The number of H-pyrrole nitrogens is 1. The molecular weight excluding hydrogens is 292 g/mol. The molecule has 1 amide bonds. The number of para-hydroxylation sites is 1. The van der Waals surface area contributed by atoms with E-state index in [1.165, 1.54) is 6.08 Å². The third-order valence-electron chi connectivity index (χ3n) is 3.43. The van der Waals surface area contributed by atoms with Gasteiger partial charge < -0.3 is 20.2 Å². The van der Waals surface area contributed by atoms with Crippen LogP contribution in [0.5, 0.6) is 0 Å². The Morgan fingerprint density at radius 2 is 1.70 bits per heavy atom. The van der Waals surface area contributed by atoms with E-state index in [0.717, 1.165) is 10.9 Å². The first kappa shape index (κ1) is 14.6. The Labute approximate surface area is 132 Å². The van der Waals surface area contributed by atoms with E-state index < -0.39 is 11.9 Å². The number of carboxylic acids is 1. The summed E-state index contributed by atoms with van der Waals surface area (Å²) in [7, 11) is 0. The lowest BCUT2D eigenvalue weighted by molar-refractivity contribution is -0.299. The van der Waals surface area contributed by atoms with Crippen LogP contribution >= 0.6 is 0 Å².